The summed E-state index contributed by atoms with van der Waals surface area (Å²) < 4.78 is 10.7. The normalized spacial score (nSPS) is 25.5. The summed E-state index contributed by atoms with van der Waals surface area (Å²) in [6.07, 6.45) is 0.404. The monoisotopic (exact) mass is 350 g/mol. The first-order chi connectivity index (χ1) is 11.5. The molecule has 2 aliphatic rings. The van der Waals surface area contributed by atoms with Crippen LogP contribution in [-0.2, 0) is 14.3 Å². The number of carbonyl (C=O) groups is 1. The van der Waals surface area contributed by atoms with Gasteiger partial charge in [0.2, 0.25) is 5.90 Å². The highest BCUT2D eigenvalue weighted by molar-refractivity contribution is 6.43. The lowest BCUT2D eigenvalue weighted by Gasteiger charge is -2.53. The van der Waals surface area contributed by atoms with Gasteiger partial charge in [0, 0.05) is 12.2 Å². The van der Waals surface area contributed by atoms with Gasteiger partial charge in [-0.15, -0.1) is 0 Å². The fourth-order valence-electron chi connectivity index (χ4n) is 2.64. The number of halogens is 1. The van der Waals surface area contributed by atoms with Gasteiger partial charge >= 0.3 is 0 Å². The van der Waals surface area contributed by atoms with Crippen molar-refractivity contribution in [2.45, 2.75) is 25.2 Å². The molecule has 1 unspecified atom stereocenters. The Hall–Kier alpha value is -2.09. The largest absolute Gasteiger partial charge is 0.477 e. The second kappa shape index (κ2) is 6.80. The van der Waals surface area contributed by atoms with Crippen LogP contribution in [0.25, 0.3) is 0 Å². The molecule has 24 heavy (non-hydrogen) atoms. The molecule has 2 aliphatic heterocycles. The van der Waals surface area contributed by atoms with Crippen LogP contribution in [0.4, 0.5) is 5.69 Å². The number of morpholine rings is 1. The van der Waals surface area contributed by atoms with Crippen LogP contribution in [0.1, 0.15) is 18.6 Å². The molecule has 1 aromatic carbocycles. The highest BCUT2D eigenvalue weighted by Crippen LogP contribution is 2.39. The van der Waals surface area contributed by atoms with Crippen molar-refractivity contribution in [3.05, 3.63) is 40.6 Å². The molecule has 0 aromatic heterocycles. The van der Waals surface area contributed by atoms with Crippen LogP contribution < -0.4 is 16.4 Å². The number of ether oxygens (including phenoxy) is 2. The highest BCUT2D eigenvalue weighted by atomic mass is 35.5. The van der Waals surface area contributed by atoms with Crippen molar-refractivity contribution in [2.24, 2.45) is 5.73 Å². The Balaban J connectivity index is 1.62. The molecular weight excluding hydrogens is 332 g/mol. The molecule has 0 radical (unpaired) electrons. The summed E-state index contributed by atoms with van der Waals surface area (Å²) in [5, 5.41) is 13.3. The third-order valence-electron chi connectivity index (χ3n) is 4.07. The lowest BCUT2D eigenvalue weighted by atomic mass is 9.86. The molecule has 2 saturated heterocycles. The average molecular weight is 351 g/mol. The Morgan fingerprint density at radius 1 is 1.50 bits per heavy atom. The van der Waals surface area contributed by atoms with Crippen LogP contribution in [0.2, 0.25) is 0 Å². The summed E-state index contributed by atoms with van der Waals surface area (Å²) >= 11 is 5.87. The molecule has 2 fully saturated rings. The van der Waals surface area contributed by atoms with Gasteiger partial charge in [-0.05, 0) is 24.6 Å². The molecular formula is C16H19ClN4O3. The summed E-state index contributed by atoms with van der Waals surface area (Å²) in [5.41, 5.74) is 7.05. The molecule has 1 amide bonds. The van der Waals surface area contributed by atoms with Crippen LogP contribution in [0, 0.1) is 5.41 Å². The Morgan fingerprint density at radius 2 is 2.21 bits per heavy atom. The fourth-order valence-corrected chi connectivity index (χ4v) is 2.78. The van der Waals surface area contributed by atoms with Crippen molar-refractivity contribution < 1.29 is 14.3 Å². The number of nitrogens with one attached hydrogen (secondary N) is 3. The van der Waals surface area contributed by atoms with Gasteiger partial charge in [-0.3, -0.25) is 10.2 Å². The molecule has 128 valence electrons. The predicted octanol–water partition coefficient (Wildman–Crippen LogP) is 1.46. The highest BCUT2D eigenvalue weighted by Gasteiger charge is 2.49. The van der Waals surface area contributed by atoms with E-state index in [1.165, 1.54) is 0 Å². The standard InChI is InChI=1S/C16H19ClN4O3/c1-2-23-15(19)11(17)12(18)16(22)21-9-5-3-8(4-6-9)14-13-10(24-14)7-20-13/h3-6,10,13-14,19-20H,2,7,18H2,1H3,(H,21,22)/b12-11+,19-15?/t10?,13-,14+/m1/s1. The zero-order chi connectivity index (χ0) is 17.3. The van der Waals surface area contributed by atoms with E-state index in [-0.39, 0.29) is 29.3 Å². The summed E-state index contributed by atoms with van der Waals surface area (Å²) in [7, 11) is 0. The first-order valence-electron chi connectivity index (χ1n) is 7.68. The predicted molar refractivity (Wildman–Crippen MR) is 90.9 cm³/mol. The maximum Gasteiger partial charge on any atom is 0.273 e. The van der Waals surface area contributed by atoms with Crippen molar-refractivity contribution in [3.8, 4) is 0 Å². The molecule has 1 aromatic rings. The van der Waals surface area contributed by atoms with Gasteiger partial charge in [-0.2, -0.15) is 0 Å². The number of anilines is 1. The van der Waals surface area contributed by atoms with Crippen molar-refractivity contribution in [1.29, 1.82) is 5.41 Å². The van der Waals surface area contributed by atoms with Crippen LogP contribution in [0.15, 0.2) is 35.0 Å². The number of rotatable bonds is 5. The van der Waals surface area contributed by atoms with Gasteiger partial charge < -0.3 is 25.8 Å². The van der Waals surface area contributed by atoms with Crippen LogP contribution in [0.5, 0.6) is 0 Å². The Labute approximate surface area is 144 Å². The topological polar surface area (TPSA) is 109 Å². The summed E-state index contributed by atoms with van der Waals surface area (Å²) in [5.74, 6) is -0.912. The van der Waals surface area contributed by atoms with Gasteiger partial charge in [0.15, 0.2) is 0 Å². The molecule has 7 nitrogen and oxygen atoms in total. The minimum Gasteiger partial charge on any atom is -0.477 e. The lowest BCUT2D eigenvalue weighted by Crippen LogP contribution is -2.69. The molecule has 0 aliphatic carbocycles. The number of nitrogens with two attached hydrogens (primary N) is 1. The Bertz CT molecular complexity index is 689. The molecule has 2 heterocycles. The summed E-state index contributed by atoms with van der Waals surface area (Å²) in [4.78, 5) is 12.1. The van der Waals surface area contributed by atoms with E-state index in [2.05, 4.69) is 10.6 Å². The zero-order valence-electron chi connectivity index (χ0n) is 13.1. The molecule has 3 atom stereocenters. The Kier molecular flexibility index (Phi) is 4.75. The number of carbonyl (C=O) groups excluding carboxylic acids is 1. The molecule has 0 saturated carbocycles. The minimum atomic E-state index is -0.585. The van der Waals surface area contributed by atoms with Gasteiger partial charge in [-0.25, -0.2) is 0 Å². The number of amides is 1. The van der Waals surface area contributed by atoms with E-state index in [1.807, 2.05) is 12.1 Å². The van der Waals surface area contributed by atoms with E-state index >= 15 is 0 Å². The second-order valence-electron chi connectivity index (χ2n) is 5.60. The average Bonchev–Trinajstić information content (AvgIpc) is 2.57. The second-order valence-corrected chi connectivity index (χ2v) is 5.97. The number of fused-ring (bicyclic) bond motifs is 1. The third kappa shape index (κ3) is 3.10. The smallest absolute Gasteiger partial charge is 0.273 e. The maximum absolute atomic E-state index is 12.1. The SMILES string of the molecule is CCOC(=N)/C(Cl)=C(\N)C(=O)Nc1ccc([C@@H]2OC3CN[C@H]32)cc1. The van der Waals surface area contributed by atoms with Crippen molar-refractivity contribution in [2.75, 3.05) is 18.5 Å². The van der Waals surface area contributed by atoms with Gasteiger partial charge in [0.25, 0.3) is 5.91 Å². The van der Waals surface area contributed by atoms with E-state index in [0.717, 1.165) is 12.1 Å². The van der Waals surface area contributed by atoms with Gasteiger partial charge in [0.1, 0.15) is 16.8 Å². The molecule has 0 spiro atoms. The number of hydrogen-bond acceptors (Lipinski definition) is 6. The van der Waals surface area contributed by atoms with E-state index in [0.29, 0.717) is 17.8 Å². The van der Waals surface area contributed by atoms with E-state index in [4.69, 9.17) is 32.2 Å². The first kappa shape index (κ1) is 16.8. The van der Waals surface area contributed by atoms with E-state index in [1.54, 1.807) is 19.1 Å². The quantitative estimate of drug-likeness (QED) is 0.365. The van der Waals surface area contributed by atoms with Crippen LogP contribution >= 0.6 is 11.6 Å². The van der Waals surface area contributed by atoms with Gasteiger partial charge in [0.05, 0.1) is 18.8 Å². The summed E-state index contributed by atoms with van der Waals surface area (Å²) in [6.45, 7) is 2.90. The number of hydrogen-bond donors (Lipinski definition) is 4. The first-order valence-corrected chi connectivity index (χ1v) is 8.06. The molecule has 5 N–H and O–H groups in total. The third-order valence-corrected chi connectivity index (χ3v) is 4.44. The van der Waals surface area contributed by atoms with Crippen LogP contribution in [-0.4, -0.2) is 37.1 Å². The van der Waals surface area contributed by atoms with Crippen molar-refractivity contribution >= 4 is 29.1 Å². The fraction of sp³-hybridized carbons (Fsp3) is 0.375. The van der Waals surface area contributed by atoms with Crippen LogP contribution in [0.3, 0.4) is 0 Å². The van der Waals surface area contributed by atoms with E-state index in [9.17, 15) is 4.79 Å². The van der Waals surface area contributed by atoms with Crippen molar-refractivity contribution in [1.82, 2.24) is 5.32 Å². The minimum absolute atomic E-state index is 0.0691. The maximum atomic E-state index is 12.1. The molecule has 3 rings (SSSR count). The lowest BCUT2D eigenvalue weighted by molar-refractivity contribution is -0.203. The molecule has 0 bridgehead atoms. The molecule has 8 heteroatoms. The van der Waals surface area contributed by atoms with Gasteiger partial charge in [-0.1, -0.05) is 23.7 Å². The van der Waals surface area contributed by atoms with E-state index < -0.39 is 5.91 Å². The van der Waals surface area contributed by atoms with Crippen molar-refractivity contribution in [3.63, 3.8) is 0 Å². The Morgan fingerprint density at radius 3 is 2.71 bits per heavy atom. The number of benzene rings is 1. The summed E-state index contributed by atoms with van der Waals surface area (Å²) in [6, 6.07) is 7.75. The zero-order valence-corrected chi connectivity index (χ0v) is 13.9.